The molecule has 1 unspecified atom stereocenters. The van der Waals surface area contributed by atoms with E-state index in [1.54, 1.807) is 13.0 Å². The Labute approximate surface area is 130 Å². The van der Waals surface area contributed by atoms with E-state index in [1.165, 1.54) is 33.0 Å². The molecule has 2 N–H and O–H groups in total. The fourth-order valence-electron chi connectivity index (χ4n) is 1.83. The summed E-state index contributed by atoms with van der Waals surface area (Å²) in [6.07, 6.45) is 0. The number of benzene rings is 1. The maximum absolute atomic E-state index is 12.5. The minimum absolute atomic E-state index is 0.00180. The van der Waals surface area contributed by atoms with Crippen molar-refractivity contribution in [1.29, 1.82) is 0 Å². The van der Waals surface area contributed by atoms with Crippen molar-refractivity contribution < 1.29 is 23.1 Å². The standard InChI is InChI=1S/C14H20N2O5S/c1-9-5-6-12(7-13(9)15-11(3)17)22(20,21)16(4)8-10(2)14(18)19/h5-7,10H,8H2,1-4H3,(H,15,17)(H,18,19). The molecule has 0 heterocycles. The van der Waals surface area contributed by atoms with Crippen LogP contribution >= 0.6 is 0 Å². The minimum atomic E-state index is -3.82. The van der Waals surface area contributed by atoms with E-state index in [4.69, 9.17) is 5.11 Å². The first-order chi connectivity index (χ1) is 10.1. The number of amides is 1. The molecule has 1 rings (SSSR count). The van der Waals surface area contributed by atoms with Crippen molar-refractivity contribution in [2.45, 2.75) is 25.7 Å². The van der Waals surface area contributed by atoms with Gasteiger partial charge in [-0.15, -0.1) is 0 Å². The number of anilines is 1. The zero-order chi connectivity index (χ0) is 17.1. The molecule has 22 heavy (non-hydrogen) atoms. The molecule has 1 atom stereocenters. The van der Waals surface area contributed by atoms with Crippen LogP contribution in [-0.2, 0) is 19.6 Å². The molecule has 0 aliphatic heterocycles. The molecule has 0 aliphatic rings. The van der Waals surface area contributed by atoms with E-state index >= 15 is 0 Å². The predicted octanol–water partition coefficient (Wildman–Crippen LogP) is 1.29. The van der Waals surface area contributed by atoms with E-state index < -0.39 is 21.9 Å². The van der Waals surface area contributed by atoms with E-state index in [1.807, 2.05) is 0 Å². The zero-order valence-corrected chi connectivity index (χ0v) is 13.8. The summed E-state index contributed by atoms with van der Waals surface area (Å²) in [6, 6.07) is 4.39. The van der Waals surface area contributed by atoms with Gasteiger partial charge in [-0.3, -0.25) is 9.59 Å². The monoisotopic (exact) mass is 328 g/mol. The van der Waals surface area contributed by atoms with Crippen molar-refractivity contribution in [3.05, 3.63) is 23.8 Å². The van der Waals surface area contributed by atoms with Gasteiger partial charge in [-0.1, -0.05) is 13.0 Å². The van der Waals surface area contributed by atoms with Crippen molar-refractivity contribution in [2.75, 3.05) is 18.9 Å². The number of nitrogens with one attached hydrogen (secondary N) is 1. The number of aryl methyl sites for hydroxylation is 1. The van der Waals surface area contributed by atoms with E-state index in [-0.39, 0.29) is 17.3 Å². The number of carboxylic acid groups (broad SMARTS) is 1. The molecule has 122 valence electrons. The summed E-state index contributed by atoms with van der Waals surface area (Å²) < 4.78 is 25.9. The van der Waals surface area contributed by atoms with Crippen LogP contribution in [0.3, 0.4) is 0 Å². The Balaban J connectivity index is 3.12. The summed E-state index contributed by atoms with van der Waals surface area (Å²) in [7, 11) is -2.50. The molecule has 0 fully saturated rings. The number of nitrogens with zero attached hydrogens (tertiary/aromatic N) is 1. The van der Waals surface area contributed by atoms with Gasteiger partial charge >= 0.3 is 5.97 Å². The van der Waals surface area contributed by atoms with E-state index in [0.717, 1.165) is 9.87 Å². The van der Waals surface area contributed by atoms with Crippen LogP contribution in [0.5, 0.6) is 0 Å². The minimum Gasteiger partial charge on any atom is -0.481 e. The molecule has 0 spiro atoms. The van der Waals surface area contributed by atoms with Gasteiger partial charge in [-0.2, -0.15) is 0 Å². The highest BCUT2D eigenvalue weighted by molar-refractivity contribution is 7.89. The van der Waals surface area contributed by atoms with Gasteiger partial charge < -0.3 is 10.4 Å². The van der Waals surface area contributed by atoms with Gasteiger partial charge in [-0.25, -0.2) is 12.7 Å². The molecule has 0 aromatic heterocycles. The second-order valence-corrected chi connectivity index (χ2v) is 7.23. The van der Waals surface area contributed by atoms with Gasteiger partial charge in [0.2, 0.25) is 15.9 Å². The molecular formula is C14H20N2O5S. The maximum Gasteiger partial charge on any atom is 0.307 e. The number of hydrogen-bond acceptors (Lipinski definition) is 4. The third kappa shape index (κ3) is 4.28. The molecule has 1 aromatic carbocycles. The Morgan fingerprint density at radius 2 is 1.95 bits per heavy atom. The van der Waals surface area contributed by atoms with Crippen LogP contribution < -0.4 is 5.32 Å². The van der Waals surface area contributed by atoms with Crippen molar-refractivity contribution in [3.63, 3.8) is 0 Å². The van der Waals surface area contributed by atoms with Gasteiger partial charge in [0.1, 0.15) is 0 Å². The number of carbonyl (C=O) groups excluding carboxylic acids is 1. The molecule has 0 bridgehead atoms. The van der Waals surface area contributed by atoms with E-state index in [9.17, 15) is 18.0 Å². The van der Waals surface area contributed by atoms with Crippen LogP contribution in [0, 0.1) is 12.8 Å². The molecule has 0 aliphatic carbocycles. The second kappa shape index (κ2) is 6.89. The smallest absolute Gasteiger partial charge is 0.307 e. The Morgan fingerprint density at radius 3 is 2.45 bits per heavy atom. The Bertz CT molecular complexity index is 684. The van der Waals surface area contributed by atoms with Crippen LogP contribution in [0.2, 0.25) is 0 Å². The summed E-state index contributed by atoms with van der Waals surface area (Å²) >= 11 is 0. The van der Waals surface area contributed by atoms with Crippen molar-refractivity contribution in [2.24, 2.45) is 5.92 Å². The molecular weight excluding hydrogens is 308 g/mol. The van der Waals surface area contributed by atoms with Gasteiger partial charge in [-0.05, 0) is 24.6 Å². The predicted molar refractivity (Wildman–Crippen MR) is 82.1 cm³/mol. The summed E-state index contributed by atoms with van der Waals surface area (Å²) in [4.78, 5) is 22.0. The van der Waals surface area contributed by atoms with Gasteiger partial charge in [0, 0.05) is 26.2 Å². The number of rotatable bonds is 6. The third-order valence-electron chi connectivity index (χ3n) is 3.18. The summed E-state index contributed by atoms with van der Waals surface area (Å²) in [5.74, 6) is -2.18. The van der Waals surface area contributed by atoms with Crippen LogP contribution in [0.15, 0.2) is 23.1 Å². The SMILES string of the molecule is CC(=O)Nc1cc(S(=O)(=O)N(C)CC(C)C(=O)O)ccc1C. The summed E-state index contributed by atoms with van der Waals surface area (Å²) in [5, 5.41) is 11.4. The zero-order valence-electron chi connectivity index (χ0n) is 13.0. The number of carboxylic acids is 1. The van der Waals surface area contributed by atoms with Crippen LogP contribution in [-0.4, -0.2) is 43.3 Å². The highest BCUT2D eigenvalue weighted by Gasteiger charge is 2.25. The topological polar surface area (TPSA) is 104 Å². The Morgan fingerprint density at radius 1 is 1.36 bits per heavy atom. The summed E-state index contributed by atoms with van der Waals surface area (Å²) in [6.45, 7) is 4.38. The average Bonchev–Trinajstić information content (AvgIpc) is 2.40. The highest BCUT2D eigenvalue weighted by atomic mass is 32.2. The first kappa shape index (κ1) is 18.1. The van der Waals surface area contributed by atoms with Crippen molar-refractivity contribution >= 4 is 27.6 Å². The molecule has 0 radical (unpaired) electrons. The molecule has 0 saturated carbocycles. The van der Waals surface area contributed by atoms with E-state index in [2.05, 4.69) is 5.32 Å². The summed E-state index contributed by atoms with van der Waals surface area (Å²) in [5.41, 5.74) is 1.14. The lowest BCUT2D eigenvalue weighted by Crippen LogP contribution is -2.33. The van der Waals surface area contributed by atoms with Crippen LogP contribution in [0.1, 0.15) is 19.4 Å². The highest BCUT2D eigenvalue weighted by Crippen LogP contribution is 2.23. The lowest BCUT2D eigenvalue weighted by molar-refractivity contribution is -0.141. The maximum atomic E-state index is 12.5. The average molecular weight is 328 g/mol. The first-order valence-electron chi connectivity index (χ1n) is 6.63. The molecule has 1 aromatic rings. The number of carbonyl (C=O) groups is 2. The van der Waals surface area contributed by atoms with Crippen LogP contribution in [0.4, 0.5) is 5.69 Å². The lowest BCUT2D eigenvalue weighted by Gasteiger charge is -2.20. The lowest BCUT2D eigenvalue weighted by atomic mass is 10.2. The number of aliphatic carboxylic acids is 1. The Hall–Kier alpha value is -1.93. The van der Waals surface area contributed by atoms with Crippen molar-refractivity contribution in [1.82, 2.24) is 4.31 Å². The number of hydrogen-bond donors (Lipinski definition) is 2. The molecule has 7 nitrogen and oxygen atoms in total. The molecule has 8 heteroatoms. The second-order valence-electron chi connectivity index (χ2n) is 5.18. The number of sulfonamides is 1. The third-order valence-corrected chi connectivity index (χ3v) is 5.00. The van der Waals surface area contributed by atoms with Gasteiger partial charge in [0.15, 0.2) is 0 Å². The molecule has 1 amide bonds. The fraction of sp³-hybridized carbons (Fsp3) is 0.429. The molecule has 0 saturated heterocycles. The van der Waals surface area contributed by atoms with Crippen LogP contribution in [0.25, 0.3) is 0 Å². The first-order valence-corrected chi connectivity index (χ1v) is 8.07. The Kier molecular flexibility index (Phi) is 5.67. The normalized spacial score (nSPS) is 13.0. The quantitative estimate of drug-likeness (QED) is 0.819. The van der Waals surface area contributed by atoms with Gasteiger partial charge in [0.05, 0.1) is 10.8 Å². The van der Waals surface area contributed by atoms with Gasteiger partial charge in [0.25, 0.3) is 0 Å². The van der Waals surface area contributed by atoms with E-state index in [0.29, 0.717) is 5.69 Å². The van der Waals surface area contributed by atoms with Crippen molar-refractivity contribution in [3.8, 4) is 0 Å². The largest absolute Gasteiger partial charge is 0.481 e. The fourth-order valence-corrected chi connectivity index (χ4v) is 3.11.